The molecule has 4 nitrogen and oxygen atoms in total. The highest BCUT2D eigenvalue weighted by atomic mass is 16.7. The molecule has 18 heavy (non-hydrogen) atoms. The molecule has 0 spiro atoms. The first-order valence-electron chi connectivity index (χ1n) is 6.53. The number of rotatable bonds is 3. The molecule has 0 radical (unpaired) electrons. The second-order valence-corrected chi connectivity index (χ2v) is 4.91. The Bertz CT molecular complexity index is 415. The van der Waals surface area contributed by atoms with Crippen LogP contribution in [0.5, 0.6) is 5.75 Å². The number of hydroxylamine groups is 1. The molecule has 1 fully saturated rings. The molecule has 4 heteroatoms. The van der Waals surface area contributed by atoms with E-state index in [1.165, 1.54) is 12.8 Å². The van der Waals surface area contributed by atoms with Crippen LogP contribution in [0.1, 0.15) is 31.2 Å². The summed E-state index contributed by atoms with van der Waals surface area (Å²) in [7, 11) is 0. The van der Waals surface area contributed by atoms with Gasteiger partial charge in [-0.2, -0.15) is 0 Å². The molecule has 0 aromatic heterocycles. The van der Waals surface area contributed by atoms with Gasteiger partial charge in [-0.05, 0) is 24.5 Å². The fourth-order valence-corrected chi connectivity index (χ4v) is 2.54. The lowest BCUT2D eigenvalue weighted by Gasteiger charge is -2.14. The van der Waals surface area contributed by atoms with E-state index >= 15 is 0 Å². The molecular formula is C14H17NO3. The lowest BCUT2D eigenvalue weighted by atomic mass is 10.1. The van der Waals surface area contributed by atoms with Gasteiger partial charge >= 0.3 is 0 Å². The van der Waals surface area contributed by atoms with Crippen molar-refractivity contribution in [2.75, 3.05) is 0 Å². The normalized spacial score (nSPS) is 22.6. The molecule has 0 bridgehead atoms. The Hall–Kier alpha value is -1.55. The highest BCUT2D eigenvalue weighted by Crippen LogP contribution is 2.28. The topological polar surface area (TPSA) is 47.6 Å². The Morgan fingerprint density at radius 2 is 2.06 bits per heavy atom. The molecule has 1 amide bonds. The summed E-state index contributed by atoms with van der Waals surface area (Å²) in [6.07, 6.45) is 4.79. The molecule has 1 saturated carbocycles. The highest BCUT2D eigenvalue weighted by Gasteiger charge is 2.29. The van der Waals surface area contributed by atoms with Crippen LogP contribution in [0.25, 0.3) is 0 Å². The summed E-state index contributed by atoms with van der Waals surface area (Å²) in [5, 5.41) is 0. The van der Waals surface area contributed by atoms with Gasteiger partial charge < -0.3 is 4.74 Å². The highest BCUT2D eigenvalue weighted by molar-refractivity contribution is 5.81. The van der Waals surface area contributed by atoms with Crippen LogP contribution in [0.15, 0.2) is 24.3 Å². The molecular weight excluding hydrogens is 230 g/mol. The molecule has 0 saturated heterocycles. The average molecular weight is 247 g/mol. The van der Waals surface area contributed by atoms with Crippen molar-refractivity contribution in [1.82, 2.24) is 5.48 Å². The van der Waals surface area contributed by atoms with E-state index in [4.69, 9.17) is 9.57 Å². The number of carbonyl (C=O) groups is 1. The average Bonchev–Trinajstić information content (AvgIpc) is 3.04. The monoisotopic (exact) mass is 247 g/mol. The van der Waals surface area contributed by atoms with Crippen molar-refractivity contribution in [1.29, 1.82) is 0 Å². The molecule has 1 aromatic rings. The first kappa shape index (κ1) is 11.5. The smallest absolute Gasteiger partial charge is 0.284 e. The lowest BCUT2D eigenvalue weighted by molar-refractivity contribution is -0.144. The predicted octanol–water partition coefficient (Wildman–Crippen LogP) is 1.98. The number of hydrogen-bond donors (Lipinski definition) is 1. The minimum atomic E-state index is -0.455. The van der Waals surface area contributed by atoms with Gasteiger partial charge in [0.05, 0.1) is 6.10 Å². The summed E-state index contributed by atoms with van der Waals surface area (Å²) in [5.41, 5.74) is 3.62. The van der Waals surface area contributed by atoms with Crippen molar-refractivity contribution >= 4 is 5.91 Å². The molecule has 96 valence electrons. The second kappa shape index (κ2) is 4.98. The minimum Gasteiger partial charge on any atom is -0.480 e. The Morgan fingerprint density at radius 1 is 1.28 bits per heavy atom. The quantitative estimate of drug-likeness (QED) is 0.831. The number of nitrogens with one attached hydrogen (secondary N) is 1. The van der Waals surface area contributed by atoms with E-state index in [2.05, 4.69) is 5.48 Å². The van der Waals surface area contributed by atoms with Crippen LogP contribution < -0.4 is 10.2 Å². The first-order valence-corrected chi connectivity index (χ1v) is 6.53. The zero-order valence-corrected chi connectivity index (χ0v) is 10.2. The lowest BCUT2D eigenvalue weighted by Crippen LogP contribution is -2.39. The van der Waals surface area contributed by atoms with Gasteiger partial charge in [0, 0.05) is 6.42 Å². The van der Waals surface area contributed by atoms with E-state index in [-0.39, 0.29) is 12.0 Å². The Morgan fingerprint density at radius 3 is 2.83 bits per heavy atom. The molecule has 1 aliphatic heterocycles. The minimum absolute atomic E-state index is 0.178. The first-order chi connectivity index (χ1) is 8.83. The molecule has 2 aliphatic rings. The molecule has 1 aliphatic carbocycles. The van der Waals surface area contributed by atoms with E-state index in [1.54, 1.807) is 0 Å². The number of amides is 1. The van der Waals surface area contributed by atoms with Crippen LogP contribution in [0.4, 0.5) is 0 Å². The van der Waals surface area contributed by atoms with Crippen LogP contribution >= 0.6 is 0 Å². The summed E-state index contributed by atoms with van der Waals surface area (Å²) in [4.78, 5) is 17.3. The SMILES string of the molecule is O=C(NOC1CCCC1)C1Cc2ccccc2O1. The molecule has 1 atom stereocenters. The Labute approximate surface area is 106 Å². The van der Waals surface area contributed by atoms with Gasteiger partial charge in [0.2, 0.25) is 0 Å². The summed E-state index contributed by atoms with van der Waals surface area (Å²) in [5.74, 6) is 0.622. The van der Waals surface area contributed by atoms with Crippen molar-refractivity contribution in [3.63, 3.8) is 0 Å². The van der Waals surface area contributed by atoms with Gasteiger partial charge in [0.1, 0.15) is 5.75 Å². The number of carbonyl (C=O) groups excluding carboxylic acids is 1. The van der Waals surface area contributed by atoms with Crippen molar-refractivity contribution in [2.45, 2.75) is 44.3 Å². The van der Waals surface area contributed by atoms with Crippen LogP contribution in [0, 0.1) is 0 Å². The van der Waals surface area contributed by atoms with E-state index in [0.717, 1.165) is 24.2 Å². The number of para-hydroxylation sites is 1. The second-order valence-electron chi connectivity index (χ2n) is 4.91. The number of fused-ring (bicyclic) bond motifs is 1. The van der Waals surface area contributed by atoms with E-state index in [1.807, 2.05) is 24.3 Å². The molecule has 1 aromatic carbocycles. The van der Waals surface area contributed by atoms with Crippen LogP contribution in [-0.2, 0) is 16.1 Å². The summed E-state index contributed by atoms with van der Waals surface area (Å²) >= 11 is 0. The zero-order chi connectivity index (χ0) is 12.4. The van der Waals surface area contributed by atoms with Gasteiger partial charge in [0.25, 0.3) is 5.91 Å². The molecule has 3 rings (SSSR count). The maximum Gasteiger partial charge on any atom is 0.284 e. The van der Waals surface area contributed by atoms with Crippen molar-refractivity contribution in [2.24, 2.45) is 0 Å². The Balaban J connectivity index is 1.52. The summed E-state index contributed by atoms with van der Waals surface area (Å²) < 4.78 is 5.59. The van der Waals surface area contributed by atoms with Gasteiger partial charge in [-0.15, -0.1) is 0 Å². The fraction of sp³-hybridized carbons (Fsp3) is 0.500. The van der Waals surface area contributed by atoms with E-state index in [0.29, 0.717) is 6.42 Å². The van der Waals surface area contributed by atoms with Gasteiger partial charge in [-0.25, -0.2) is 5.48 Å². The molecule has 1 heterocycles. The fourth-order valence-electron chi connectivity index (χ4n) is 2.54. The predicted molar refractivity (Wildman–Crippen MR) is 66.0 cm³/mol. The third kappa shape index (κ3) is 2.34. The van der Waals surface area contributed by atoms with Crippen molar-refractivity contribution in [3.8, 4) is 5.75 Å². The number of hydrogen-bond acceptors (Lipinski definition) is 3. The summed E-state index contributed by atoms with van der Waals surface area (Å²) in [6.45, 7) is 0. The zero-order valence-electron chi connectivity index (χ0n) is 10.2. The largest absolute Gasteiger partial charge is 0.480 e. The third-order valence-electron chi connectivity index (χ3n) is 3.57. The van der Waals surface area contributed by atoms with Crippen molar-refractivity contribution in [3.05, 3.63) is 29.8 Å². The van der Waals surface area contributed by atoms with Crippen LogP contribution in [-0.4, -0.2) is 18.1 Å². The molecule has 1 unspecified atom stereocenters. The summed E-state index contributed by atoms with van der Waals surface area (Å²) in [6, 6.07) is 7.74. The maximum atomic E-state index is 11.9. The van der Waals surface area contributed by atoms with Crippen molar-refractivity contribution < 1.29 is 14.4 Å². The van der Waals surface area contributed by atoms with Gasteiger partial charge in [0.15, 0.2) is 6.10 Å². The van der Waals surface area contributed by atoms with Gasteiger partial charge in [-0.3, -0.25) is 9.63 Å². The third-order valence-corrected chi connectivity index (χ3v) is 3.57. The van der Waals surface area contributed by atoms with Crippen LogP contribution in [0.2, 0.25) is 0 Å². The molecule has 1 N–H and O–H groups in total. The Kier molecular flexibility index (Phi) is 3.19. The van der Waals surface area contributed by atoms with Gasteiger partial charge in [-0.1, -0.05) is 31.0 Å². The standard InChI is InChI=1S/C14H17NO3/c16-14(15-18-11-6-2-3-7-11)13-9-10-5-1-4-8-12(10)17-13/h1,4-5,8,11,13H,2-3,6-7,9H2,(H,15,16). The number of ether oxygens (including phenoxy) is 1. The maximum absolute atomic E-state index is 11.9. The van der Waals surface area contributed by atoms with Crippen LogP contribution in [0.3, 0.4) is 0 Å². The van der Waals surface area contributed by atoms with E-state index < -0.39 is 6.10 Å². The van der Waals surface area contributed by atoms with E-state index in [9.17, 15) is 4.79 Å². The number of benzene rings is 1.